The SMILES string of the molecule is Cc1ccc(CN2C[C@@H]3CN(Cc4csc(C)n4)S(=O)(=O)[C@@H]3C2)s1. The van der Waals surface area contributed by atoms with Crippen molar-refractivity contribution < 1.29 is 8.42 Å². The van der Waals surface area contributed by atoms with Gasteiger partial charge in [-0.1, -0.05) is 0 Å². The molecule has 0 unspecified atom stereocenters. The molecular formula is C16H21N3O2S3. The van der Waals surface area contributed by atoms with E-state index in [1.807, 2.05) is 12.3 Å². The molecule has 0 saturated carbocycles. The molecule has 0 N–H and O–H groups in total. The average molecular weight is 384 g/mol. The summed E-state index contributed by atoms with van der Waals surface area (Å²) in [6, 6.07) is 4.28. The van der Waals surface area contributed by atoms with E-state index in [0.717, 1.165) is 23.8 Å². The van der Waals surface area contributed by atoms with Gasteiger partial charge in [0.2, 0.25) is 10.0 Å². The van der Waals surface area contributed by atoms with Crippen LogP contribution >= 0.6 is 22.7 Å². The number of fused-ring (bicyclic) bond motifs is 1. The Bertz CT molecular complexity index is 842. The lowest BCUT2D eigenvalue weighted by molar-refractivity contribution is 0.296. The lowest BCUT2D eigenvalue weighted by Crippen LogP contribution is -2.34. The summed E-state index contributed by atoms with van der Waals surface area (Å²) in [5.74, 6) is 0.218. The first kappa shape index (κ1) is 16.7. The van der Waals surface area contributed by atoms with Gasteiger partial charge in [-0.05, 0) is 26.0 Å². The van der Waals surface area contributed by atoms with Gasteiger partial charge in [0.1, 0.15) is 0 Å². The van der Waals surface area contributed by atoms with Gasteiger partial charge in [0.15, 0.2) is 0 Å². The van der Waals surface area contributed by atoms with Gasteiger partial charge < -0.3 is 0 Å². The van der Waals surface area contributed by atoms with Crippen LogP contribution in [-0.2, 0) is 23.1 Å². The third-order valence-corrected chi connectivity index (χ3v) is 8.92. The number of sulfonamides is 1. The molecule has 4 heterocycles. The first-order chi connectivity index (χ1) is 11.4. The Morgan fingerprint density at radius 3 is 2.67 bits per heavy atom. The van der Waals surface area contributed by atoms with Crippen molar-refractivity contribution in [2.45, 2.75) is 32.2 Å². The van der Waals surface area contributed by atoms with Crippen LogP contribution in [0.5, 0.6) is 0 Å². The van der Waals surface area contributed by atoms with Crippen LogP contribution in [0.2, 0.25) is 0 Å². The lowest BCUT2D eigenvalue weighted by Gasteiger charge is -2.20. The maximum Gasteiger partial charge on any atom is 0.218 e. The molecule has 0 bridgehead atoms. The normalized spacial score (nSPS) is 26.9. The van der Waals surface area contributed by atoms with Crippen LogP contribution in [0.25, 0.3) is 0 Å². The van der Waals surface area contributed by atoms with E-state index in [9.17, 15) is 8.42 Å². The largest absolute Gasteiger partial charge is 0.297 e. The summed E-state index contributed by atoms with van der Waals surface area (Å²) >= 11 is 3.37. The third-order valence-electron chi connectivity index (χ3n) is 4.82. The predicted molar refractivity (Wildman–Crippen MR) is 97.8 cm³/mol. The number of aromatic nitrogens is 1. The third kappa shape index (κ3) is 3.06. The number of hydrogen-bond acceptors (Lipinski definition) is 6. The molecule has 2 saturated heterocycles. The molecule has 2 aliphatic rings. The minimum absolute atomic E-state index is 0.218. The zero-order valence-corrected chi connectivity index (χ0v) is 16.3. The van der Waals surface area contributed by atoms with Gasteiger partial charge in [-0.25, -0.2) is 13.4 Å². The standard InChI is InChI=1S/C16H21N3O2S3/c1-11-3-4-15(23-11)8-18-5-13-6-19(24(20,21)16(13)9-18)7-14-10-22-12(2)17-14/h3-4,10,13,16H,5-9H2,1-2H3/t13-,16-/m1/s1. The minimum atomic E-state index is -3.21. The monoisotopic (exact) mass is 383 g/mol. The highest BCUT2D eigenvalue weighted by atomic mass is 32.2. The number of aryl methyl sites for hydroxylation is 2. The molecule has 2 atom stereocenters. The van der Waals surface area contributed by atoms with E-state index in [1.54, 1.807) is 27.0 Å². The topological polar surface area (TPSA) is 53.5 Å². The molecule has 0 amide bonds. The highest BCUT2D eigenvalue weighted by Gasteiger charge is 2.50. The Morgan fingerprint density at radius 1 is 1.21 bits per heavy atom. The van der Waals surface area contributed by atoms with Crippen molar-refractivity contribution in [3.8, 4) is 0 Å². The highest BCUT2D eigenvalue weighted by Crippen LogP contribution is 2.35. The van der Waals surface area contributed by atoms with E-state index < -0.39 is 10.0 Å². The zero-order chi connectivity index (χ0) is 16.9. The van der Waals surface area contributed by atoms with Crippen molar-refractivity contribution in [2.24, 2.45) is 5.92 Å². The smallest absolute Gasteiger partial charge is 0.218 e. The van der Waals surface area contributed by atoms with E-state index in [2.05, 4.69) is 28.9 Å². The summed E-state index contributed by atoms with van der Waals surface area (Å²) in [5, 5.41) is 2.70. The molecule has 0 aromatic carbocycles. The highest BCUT2D eigenvalue weighted by molar-refractivity contribution is 7.90. The van der Waals surface area contributed by atoms with E-state index in [4.69, 9.17) is 0 Å². The first-order valence-corrected chi connectivity index (χ1v) is 11.3. The Kier molecular flexibility index (Phi) is 4.29. The fraction of sp³-hybridized carbons (Fsp3) is 0.562. The number of nitrogens with zero attached hydrogens (tertiary/aromatic N) is 3. The van der Waals surface area contributed by atoms with Crippen molar-refractivity contribution in [2.75, 3.05) is 19.6 Å². The molecule has 0 spiro atoms. The van der Waals surface area contributed by atoms with Crippen molar-refractivity contribution in [3.05, 3.63) is 38.0 Å². The Morgan fingerprint density at radius 2 is 2.04 bits per heavy atom. The molecule has 2 aromatic rings. The summed E-state index contributed by atoms with van der Waals surface area (Å²) in [4.78, 5) is 9.33. The molecule has 130 valence electrons. The number of thiophene rings is 1. The van der Waals surface area contributed by atoms with Crippen LogP contribution in [0.15, 0.2) is 17.5 Å². The molecule has 24 heavy (non-hydrogen) atoms. The Balaban J connectivity index is 1.44. The van der Waals surface area contributed by atoms with Crippen molar-refractivity contribution in [1.82, 2.24) is 14.2 Å². The molecule has 8 heteroatoms. The van der Waals surface area contributed by atoms with Crippen LogP contribution < -0.4 is 0 Å². The van der Waals surface area contributed by atoms with Crippen LogP contribution in [0.1, 0.15) is 20.5 Å². The van der Waals surface area contributed by atoms with Gasteiger partial charge >= 0.3 is 0 Å². The van der Waals surface area contributed by atoms with Gasteiger partial charge in [-0.3, -0.25) is 4.90 Å². The summed E-state index contributed by atoms with van der Waals surface area (Å²) in [6.45, 7) is 7.49. The van der Waals surface area contributed by atoms with E-state index in [-0.39, 0.29) is 11.2 Å². The van der Waals surface area contributed by atoms with Gasteiger partial charge in [-0.15, -0.1) is 22.7 Å². The summed E-state index contributed by atoms with van der Waals surface area (Å²) in [6.07, 6.45) is 0. The first-order valence-electron chi connectivity index (χ1n) is 8.09. The zero-order valence-electron chi connectivity index (χ0n) is 13.8. The fourth-order valence-electron chi connectivity index (χ4n) is 3.73. The number of likely N-dealkylation sites (tertiary alicyclic amines) is 1. The molecule has 0 radical (unpaired) electrons. The lowest BCUT2D eigenvalue weighted by atomic mass is 10.1. The van der Waals surface area contributed by atoms with Crippen LogP contribution in [0, 0.1) is 19.8 Å². The molecule has 2 fully saturated rings. The van der Waals surface area contributed by atoms with Crippen molar-refractivity contribution >= 4 is 32.7 Å². The van der Waals surface area contributed by atoms with Gasteiger partial charge in [0.05, 0.1) is 22.5 Å². The molecule has 5 nitrogen and oxygen atoms in total. The average Bonchev–Trinajstić information content (AvgIpc) is 3.23. The molecular weight excluding hydrogens is 362 g/mol. The number of thiazole rings is 1. The maximum atomic E-state index is 12.9. The van der Waals surface area contributed by atoms with Crippen LogP contribution in [-0.4, -0.2) is 47.5 Å². The minimum Gasteiger partial charge on any atom is -0.297 e. The van der Waals surface area contributed by atoms with E-state index in [1.165, 1.54) is 9.75 Å². The van der Waals surface area contributed by atoms with Crippen molar-refractivity contribution in [3.63, 3.8) is 0 Å². The maximum absolute atomic E-state index is 12.9. The molecule has 2 aromatic heterocycles. The number of rotatable bonds is 4. The van der Waals surface area contributed by atoms with Crippen LogP contribution in [0.3, 0.4) is 0 Å². The second-order valence-corrected chi connectivity index (χ2v) is 11.3. The summed E-state index contributed by atoms with van der Waals surface area (Å²) < 4.78 is 27.4. The summed E-state index contributed by atoms with van der Waals surface area (Å²) in [5.41, 5.74) is 0.868. The second-order valence-electron chi connectivity index (χ2n) is 6.70. The Labute approximate surface area is 151 Å². The second kappa shape index (κ2) is 6.17. The summed E-state index contributed by atoms with van der Waals surface area (Å²) in [7, 11) is -3.21. The number of hydrogen-bond donors (Lipinski definition) is 0. The van der Waals surface area contributed by atoms with Gasteiger partial charge in [-0.2, -0.15) is 4.31 Å². The Hall–Kier alpha value is -0.800. The molecule has 4 rings (SSSR count). The van der Waals surface area contributed by atoms with Gasteiger partial charge in [0.25, 0.3) is 0 Å². The van der Waals surface area contributed by atoms with Crippen molar-refractivity contribution in [1.29, 1.82) is 0 Å². The quantitative estimate of drug-likeness (QED) is 0.814. The van der Waals surface area contributed by atoms with E-state index >= 15 is 0 Å². The van der Waals surface area contributed by atoms with Crippen LogP contribution in [0.4, 0.5) is 0 Å². The van der Waals surface area contributed by atoms with E-state index in [0.29, 0.717) is 19.6 Å². The van der Waals surface area contributed by atoms with Gasteiger partial charge in [0, 0.05) is 47.2 Å². The molecule has 2 aliphatic heterocycles. The molecule has 0 aliphatic carbocycles. The predicted octanol–water partition coefficient (Wildman–Crippen LogP) is 2.47. The fourth-order valence-corrected chi connectivity index (χ4v) is 7.42.